The standard InChI is InChI=1S/C10H13BrO/c1-3-8(2)12-10-7-5-4-6-9(10)11/h4-8H,3H2,1-2H3/t8-/m0/s1. The van der Waals surface area contributed by atoms with Crippen LogP contribution in [0.1, 0.15) is 20.3 Å². The Morgan fingerprint density at radius 3 is 2.67 bits per heavy atom. The molecule has 0 heterocycles. The lowest BCUT2D eigenvalue weighted by molar-refractivity contribution is 0.216. The first-order chi connectivity index (χ1) is 5.74. The quantitative estimate of drug-likeness (QED) is 0.768. The van der Waals surface area contributed by atoms with Gasteiger partial charge in [-0.2, -0.15) is 0 Å². The SMILES string of the molecule is CC[C@H](C)Oc1ccccc1Br. The molecule has 0 aliphatic heterocycles. The van der Waals surface area contributed by atoms with Crippen molar-refractivity contribution >= 4 is 15.9 Å². The Labute approximate surface area is 81.9 Å². The molecule has 0 bridgehead atoms. The van der Waals surface area contributed by atoms with Gasteiger partial charge in [-0.25, -0.2) is 0 Å². The van der Waals surface area contributed by atoms with Crippen molar-refractivity contribution in [1.29, 1.82) is 0 Å². The number of rotatable bonds is 3. The first-order valence-corrected chi connectivity index (χ1v) is 4.94. The molecule has 0 amide bonds. The summed E-state index contributed by atoms with van der Waals surface area (Å²) in [5, 5.41) is 0. The summed E-state index contributed by atoms with van der Waals surface area (Å²) in [5.74, 6) is 0.923. The van der Waals surface area contributed by atoms with Crippen LogP contribution >= 0.6 is 15.9 Å². The highest BCUT2D eigenvalue weighted by Gasteiger charge is 2.03. The number of hydrogen-bond donors (Lipinski definition) is 0. The van der Waals surface area contributed by atoms with Gasteiger partial charge in [0, 0.05) is 0 Å². The van der Waals surface area contributed by atoms with Crippen molar-refractivity contribution in [2.45, 2.75) is 26.4 Å². The van der Waals surface area contributed by atoms with Gasteiger partial charge >= 0.3 is 0 Å². The van der Waals surface area contributed by atoms with E-state index in [1.54, 1.807) is 0 Å². The average molecular weight is 229 g/mol. The summed E-state index contributed by atoms with van der Waals surface area (Å²) in [7, 11) is 0. The fourth-order valence-corrected chi connectivity index (χ4v) is 1.22. The third kappa shape index (κ3) is 2.52. The second-order valence-corrected chi connectivity index (χ2v) is 3.62. The lowest BCUT2D eigenvalue weighted by Crippen LogP contribution is -2.09. The normalized spacial score (nSPS) is 12.6. The zero-order chi connectivity index (χ0) is 8.97. The molecular formula is C10H13BrO. The van der Waals surface area contributed by atoms with Crippen LogP contribution in [0.4, 0.5) is 0 Å². The van der Waals surface area contributed by atoms with Crippen LogP contribution in [0.2, 0.25) is 0 Å². The van der Waals surface area contributed by atoms with E-state index in [0.717, 1.165) is 16.6 Å². The summed E-state index contributed by atoms with van der Waals surface area (Å²) in [5.41, 5.74) is 0. The van der Waals surface area contributed by atoms with E-state index in [1.165, 1.54) is 0 Å². The highest BCUT2D eigenvalue weighted by atomic mass is 79.9. The van der Waals surface area contributed by atoms with E-state index in [1.807, 2.05) is 24.3 Å². The van der Waals surface area contributed by atoms with Gasteiger partial charge in [-0.1, -0.05) is 19.1 Å². The zero-order valence-corrected chi connectivity index (χ0v) is 8.97. The molecule has 66 valence electrons. The molecule has 0 N–H and O–H groups in total. The molecule has 0 aliphatic carbocycles. The second-order valence-electron chi connectivity index (χ2n) is 2.77. The largest absolute Gasteiger partial charge is 0.490 e. The summed E-state index contributed by atoms with van der Waals surface area (Å²) in [6.07, 6.45) is 1.31. The van der Waals surface area contributed by atoms with Gasteiger partial charge in [-0.15, -0.1) is 0 Å². The lowest BCUT2D eigenvalue weighted by Gasteiger charge is -2.13. The van der Waals surface area contributed by atoms with Gasteiger partial charge in [0.25, 0.3) is 0 Å². The van der Waals surface area contributed by atoms with Crippen LogP contribution in [-0.2, 0) is 0 Å². The van der Waals surface area contributed by atoms with Crippen LogP contribution in [0.25, 0.3) is 0 Å². The third-order valence-corrected chi connectivity index (χ3v) is 2.39. The van der Waals surface area contributed by atoms with Crippen LogP contribution in [-0.4, -0.2) is 6.10 Å². The second kappa shape index (κ2) is 4.51. The van der Waals surface area contributed by atoms with E-state index in [4.69, 9.17) is 4.74 Å². The number of benzene rings is 1. The molecule has 1 atom stereocenters. The fourth-order valence-electron chi connectivity index (χ4n) is 0.840. The maximum atomic E-state index is 5.65. The highest BCUT2D eigenvalue weighted by Crippen LogP contribution is 2.25. The summed E-state index contributed by atoms with van der Waals surface area (Å²) < 4.78 is 6.67. The molecule has 12 heavy (non-hydrogen) atoms. The molecule has 0 aromatic heterocycles. The van der Waals surface area contributed by atoms with Crippen LogP contribution in [0.5, 0.6) is 5.75 Å². The molecule has 0 fully saturated rings. The molecule has 1 aromatic rings. The molecule has 0 aliphatic rings. The predicted molar refractivity (Wildman–Crippen MR) is 54.5 cm³/mol. The number of halogens is 1. The Morgan fingerprint density at radius 2 is 2.08 bits per heavy atom. The molecule has 0 saturated carbocycles. The smallest absolute Gasteiger partial charge is 0.133 e. The molecule has 0 radical (unpaired) electrons. The van der Waals surface area contributed by atoms with Gasteiger partial charge < -0.3 is 4.74 Å². The van der Waals surface area contributed by atoms with Gasteiger partial charge in [0.15, 0.2) is 0 Å². The van der Waals surface area contributed by atoms with E-state index in [-0.39, 0.29) is 6.10 Å². The molecule has 1 aromatic carbocycles. The van der Waals surface area contributed by atoms with Crippen molar-refractivity contribution in [2.24, 2.45) is 0 Å². The third-order valence-electron chi connectivity index (χ3n) is 1.74. The van der Waals surface area contributed by atoms with Crippen molar-refractivity contribution in [2.75, 3.05) is 0 Å². The Hall–Kier alpha value is -0.500. The number of para-hydroxylation sites is 1. The molecule has 0 spiro atoms. The van der Waals surface area contributed by atoms with Crippen LogP contribution < -0.4 is 4.74 Å². The average Bonchev–Trinajstić information content (AvgIpc) is 2.09. The van der Waals surface area contributed by atoms with Crippen LogP contribution in [0.15, 0.2) is 28.7 Å². The molecule has 1 rings (SSSR count). The van der Waals surface area contributed by atoms with Crippen molar-refractivity contribution < 1.29 is 4.74 Å². The molecular weight excluding hydrogens is 216 g/mol. The number of hydrogen-bond acceptors (Lipinski definition) is 1. The van der Waals surface area contributed by atoms with Crippen molar-refractivity contribution in [3.63, 3.8) is 0 Å². The Bertz CT molecular complexity index is 247. The maximum absolute atomic E-state index is 5.65. The van der Waals surface area contributed by atoms with E-state index < -0.39 is 0 Å². The fraction of sp³-hybridized carbons (Fsp3) is 0.400. The summed E-state index contributed by atoms with van der Waals surface area (Å²) >= 11 is 3.43. The topological polar surface area (TPSA) is 9.23 Å². The summed E-state index contributed by atoms with van der Waals surface area (Å²) in [6.45, 7) is 4.18. The minimum Gasteiger partial charge on any atom is -0.490 e. The van der Waals surface area contributed by atoms with E-state index in [9.17, 15) is 0 Å². The number of ether oxygens (including phenoxy) is 1. The minimum atomic E-state index is 0.281. The molecule has 1 nitrogen and oxygen atoms in total. The summed E-state index contributed by atoms with van der Waals surface area (Å²) in [6, 6.07) is 7.91. The zero-order valence-electron chi connectivity index (χ0n) is 7.38. The van der Waals surface area contributed by atoms with Crippen LogP contribution in [0.3, 0.4) is 0 Å². The Kier molecular flexibility index (Phi) is 3.60. The maximum Gasteiger partial charge on any atom is 0.133 e. The molecule has 0 saturated heterocycles. The van der Waals surface area contributed by atoms with Gasteiger partial charge in [0.05, 0.1) is 10.6 Å². The van der Waals surface area contributed by atoms with Gasteiger partial charge in [-0.05, 0) is 41.4 Å². The van der Waals surface area contributed by atoms with E-state index in [2.05, 4.69) is 29.8 Å². The first kappa shape index (κ1) is 9.59. The molecule has 2 heteroatoms. The summed E-state index contributed by atoms with van der Waals surface area (Å²) in [4.78, 5) is 0. The van der Waals surface area contributed by atoms with Crippen molar-refractivity contribution in [3.8, 4) is 5.75 Å². The molecule has 0 unspecified atom stereocenters. The van der Waals surface area contributed by atoms with Crippen LogP contribution in [0, 0.1) is 0 Å². The Balaban J connectivity index is 2.69. The Morgan fingerprint density at radius 1 is 1.42 bits per heavy atom. The first-order valence-electron chi connectivity index (χ1n) is 4.15. The highest BCUT2D eigenvalue weighted by molar-refractivity contribution is 9.10. The predicted octanol–water partition coefficient (Wildman–Crippen LogP) is 3.63. The van der Waals surface area contributed by atoms with E-state index >= 15 is 0 Å². The lowest BCUT2D eigenvalue weighted by atomic mass is 10.3. The monoisotopic (exact) mass is 228 g/mol. The van der Waals surface area contributed by atoms with Gasteiger partial charge in [0.2, 0.25) is 0 Å². The van der Waals surface area contributed by atoms with Crippen molar-refractivity contribution in [1.82, 2.24) is 0 Å². The van der Waals surface area contributed by atoms with Gasteiger partial charge in [0.1, 0.15) is 5.75 Å². The van der Waals surface area contributed by atoms with Crippen molar-refractivity contribution in [3.05, 3.63) is 28.7 Å². The van der Waals surface area contributed by atoms with Gasteiger partial charge in [-0.3, -0.25) is 0 Å². The van der Waals surface area contributed by atoms with E-state index in [0.29, 0.717) is 0 Å². The minimum absolute atomic E-state index is 0.281.